The number of rotatable bonds is 6. The first-order valence-corrected chi connectivity index (χ1v) is 9.24. The standard InChI is InChI=1S/C21H26N4O2/c1-2-27-20(26)15-24-11-13-25(14-12-24)19-9-7-17(8-10-19)16-3-5-18(6-4-16)21(22)23/h3-10H,2,11-15H2,1H3,(H3,22,23). The summed E-state index contributed by atoms with van der Waals surface area (Å²) in [6.45, 7) is 6.13. The molecule has 0 bridgehead atoms. The van der Waals surface area contributed by atoms with Gasteiger partial charge in [-0.3, -0.25) is 15.1 Å². The number of amidine groups is 1. The Balaban J connectivity index is 1.58. The molecule has 1 aliphatic rings. The molecule has 1 aliphatic heterocycles. The number of nitrogen functional groups attached to an aromatic ring is 1. The molecule has 0 saturated carbocycles. The van der Waals surface area contributed by atoms with Crippen LogP contribution in [0, 0.1) is 5.41 Å². The Morgan fingerprint density at radius 3 is 2.07 bits per heavy atom. The average molecular weight is 366 g/mol. The third-order valence-electron chi connectivity index (χ3n) is 4.79. The lowest BCUT2D eigenvalue weighted by molar-refractivity contribution is -0.144. The predicted molar refractivity (Wildman–Crippen MR) is 108 cm³/mol. The largest absolute Gasteiger partial charge is 0.465 e. The maximum Gasteiger partial charge on any atom is 0.320 e. The number of esters is 1. The SMILES string of the molecule is CCOC(=O)CN1CCN(c2ccc(-c3ccc(C(=N)N)cc3)cc2)CC1. The van der Waals surface area contributed by atoms with E-state index in [0.717, 1.165) is 42.9 Å². The Hall–Kier alpha value is -2.86. The molecule has 0 radical (unpaired) electrons. The Labute approximate surface area is 160 Å². The van der Waals surface area contributed by atoms with Gasteiger partial charge in [0.15, 0.2) is 0 Å². The molecule has 27 heavy (non-hydrogen) atoms. The van der Waals surface area contributed by atoms with Crippen LogP contribution in [0.4, 0.5) is 5.69 Å². The molecule has 6 nitrogen and oxygen atoms in total. The van der Waals surface area contributed by atoms with E-state index in [1.165, 1.54) is 5.69 Å². The highest BCUT2D eigenvalue weighted by atomic mass is 16.5. The zero-order chi connectivity index (χ0) is 19.2. The molecule has 6 heteroatoms. The number of hydrogen-bond acceptors (Lipinski definition) is 5. The number of piperazine rings is 1. The van der Waals surface area contributed by atoms with Crippen LogP contribution in [0.25, 0.3) is 11.1 Å². The number of ether oxygens (including phenoxy) is 1. The molecule has 0 spiro atoms. The molecule has 1 fully saturated rings. The number of anilines is 1. The van der Waals surface area contributed by atoms with Gasteiger partial charge in [0.1, 0.15) is 5.84 Å². The van der Waals surface area contributed by atoms with Crippen molar-refractivity contribution in [2.45, 2.75) is 6.92 Å². The van der Waals surface area contributed by atoms with Gasteiger partial charge in [-0.2, -0.15) is 0 Å². The Morgan fingerprint density at radius 2 is 1.56 bits per heavy atom. The highest BCUT2D eigenvalue weighted by Gasteiger charge is 2.19. The molecule has 1 saturated heterocycles. The fourth-order valence-corrected chi connectivity index (χ4v) is 3.26. The van der Waals surface area contributed by atoms with E-state index in [1.54, 1.807) is 0 Å². The quantitative estimate of drug-likeness (QED) is 0.466. The summed E-state index contributed by atoms with van der Waals surface area (Å²) in [5, 5.41) is 7.47. The second kappa shape index (κ2) is 8.68. The van der Waals surface area contributed by atoms with Crippen LogP contribution in [0.3, 0.4) is 0 Å². The van der Waals surface area contributed by atoms with Gasteiger partial charge in [-0.15, -0.1) is 0 Å². The highest BCUT2D eigenvalue weighted by molar-refractivity contribution is 5.95. The molecule has 0 amide bonds. The summed E-state index contributed by atoms with van der Waals surface area (Å²) in [4.78, 5) is 16.1. The van der Waals surface area contributed by atoms with Gasteiger partial charge in [0.25, 0.3) is 0 Å². The van der Waals surface area contributed by atoms with Crippen molar-refractivity contribution in [1.82, 2.24) is 4.90 Å². The smallest absolute Gasteiger partial charge is 0.320 e. The monoisotopic (exact) mass is 366 g/mol. The molecule has 2 aromatic rings. The minimum absolute atomic E-state index is 0.0824. The van der Waals surface area contributed by atoms with E-state index < -0.39 is 0 Å². The number of nitrogens with one attached hydrogen (secondary N) is 1. The average Bonchev–Trinajstić information content (AvgIpc) is 2.69. The molecule has 0 aliphatic carbocycles. The molecule has 0 unspecified atom stereocenters. The van der Waals surface area contributed by atoms with Gasteiger partial charge in [0, 0.05) is 37.4 Å². The first-order valence-electron chi connectivity index (χ1n) is 9.24. The summed E-state index contributed by atoms with van der Waals surface area (Å²) < 4.78 is 5.02. The van der Waals surface area contributed by atoms with Crippen LogP contribution in [-0.4, -0.2) is 56.0 Å². The minimum atomic E-state index is -0.147. The first-order chi connectivity index (χ1) is 13.1. The second-order valence-corrected chi connectivity index (χ2v) is 6.61. The Morgan fingerprint density at radius 1 is 1.00 bits per heavy atom. The van der Waals surface area contributed by atoms with E-state index in [9.17, 15) is 4.79 Å². The normalized spacial score (nSPS) is 14.8. The van der Waals surface area contributed by atoms with Crippen LogP contribution in [0.15, 0.2) is 48.5 Å². The van der Waals surface area contributed by atoms with Crippen LogP contribution in [0.2, 0.25) is 0 Å². The molecular weight excluding hydrogens is 340 g/mol. The number of nitrogens with zero attached hydrogens (tertiary/aromatic N) is 2. The summed E-state index contributed by atoms with van der Waals surface area (Å²) in [5.41, 5.74) is 9.66. The van der Waals surface area contributed by atoms with Crippen molar-refractivity contribution < 1.29 is 9.53 Å². The van der Waals surface area contributed by atoms with Crippen LogP contribution in [0.1, 0.15) is 12.5 Å². The fraction of sp³-hybridized carbons (Fsp3) is 0.333. The van der Waals surface area contributed by atoms with E-state index >= 15 is 0 Å². The van der Waals surface area contributed by atoms with E-state index in [0.29, 0.717) is 13.2 Å². The topological polar surface area (TPSA) is 82.7 Å². The Bertz CT molecular complexity index is 779. The van der Waals surface area contributed by atoms with Gasteiger partial charge >= 0.3 is 5.97 Å². The predicted octanol–water partition coefficient (Wildman–Crippen LogP) is 2.32. The molecule has 1 heterocycles. The van der Waals surface area contributed by atoms with Gasteiger partial charge in [0.2, 0.25) is 0 Å². The lowest BCUT2D eigenvalue weighted by Crippen LogP contribution is -2.48. The first kappa shape index (κ1) is 18.9. The Kier molecular flexibility index (Phi) is 6.08. The van der Waals surface area contributed by atoms with Crippen molar-refractivity contribution in [2.24, 2.45) is 5.73 Å². The van der Waals surface area contributed by atoms with Gasteiger partial charge in [-0.05, 0) is 30.2 Å². The van der Waals surface area contributed by atoms with Crippen molar-refractivity contribution in [3.05, 3.63) is 54.1 Å². The van der Waals surface area contributed by atoms with Crippen molar-refractivity contribution in [1.29, 1.82) is 5.41 Å². The van der Waals surface area contributed by atoms with Crippen LogP contribution in [-0.2, 0) is 9.53 Å². The van der Waals surface area contributed by atoms with Gasteiger partial charge in [-0.1, -0.05) is 36.4 Å². The molecule has 3 N–H and O–H groups in total. The molecular formula is C21H26N4O2. The zero-order valence-corrected chi connectivity index (χ0v) is 15.6. The van der Waals surface area contributed by atoms with E-state index in [2.05, 4.69) is 34.1 Å². The fourth-order valence-electron chi connectivity index (χ4n) is 3.26. The molecule has 142 valence electrons. The number of carbonyl (C=O) groups is 1. The summed E-state index contributed by atoms with van der Waals surface area (Å²) in [7, 11) is 0. The molecule has 2 aromatic carbocycles. The summed E-state index contributed by atoms with van der Waals surface area (Å²) in [5.74, 6) is -0.0647. The maximum absolute atomic E-state index is 11.6. The van der Waals surface area contributed by atoms with Crippen molar-refractivity contribution in [3.63, 3.8) is 0 Å². The van der Waals surface area contributed by atoms with E-state index in [1.807, 2.05) is 31.2 Å². The summed E-state index contributed by atoms with van der Waals surface area (Å²) >= 11 is 0. The summed E-state index contributed by atoms with van der Waals surface area (Å²) in [6, 6.07) is 16.2. The molecule has 3 rings (SSSR count). The van der Waals surface area contributed by atoms with Crippen LogP contribution >= 0.6 is 0 Å². The highest BCUT2D eigenvalue weighted by Crippen LogP contribution is 2.24. The molecule has 0 atom stereocenters. The third kappa shape index (κ3) is 4.86. The van der Waals surface area contributed by atoms with Crippen molar-refractivity contribution >= 4 is 17.5 Å². The number of benzene rings is 2. The number of nitrogens with two attached hydrogens (primary N) is 1. The van der Waals surface area contributed by atoms with Crippen LogP contribution in [0.5, 0.6) is 0 Å². The number of carbonyl (C=O) groups excluding carboxylic acids is 1. The minimum Gasteiger partial charge on any atom is -0.465 e. The van der Waals surface area contributed by atoms with Crippen molar-refractivity contribution in [2.75, 3.05) is 44.2 Å². The van der Waals surface area contributed by atoms with E-state index in [4.69, 9.17) is 15.9 Å². The lowest BCUT2D eigenvalue weighted by Gasteiger charge is -2.35. The zero-order valence-electron chi connectivity index (χ0n) is 15.6. The third-order valence-corrected chi connectivity index (χ3v) is 4.79. The van der Waals surface area contributed by atoms with E-state index in [-0.39, 0.29) is 11.8 Å². The second-order valence-electron chi connectivity index (χ2n) is 6.61. The lowest BCUT2D eigenvalue weighted by atomic mass is 10.0. The maximum atomic E-state index is 11.6. The van der Waals surface area contributed by atoms with Gasteiger partial charge < -0.3 is 15.4 Å². The van der Waals surface area contributed by atoms with Crippen molar-refractivity contribution in [3.8, 4) is 11.1 Å². The summed E-state index contributed by atoms with van der Waals surface area (Å²) in [6.07, 6.45) is 0. The van der Waals surface area contributed by atoms with Crippen LogP contribution < -0.4 is 10.6 Å². The number of hydrogen-bond donors (Lipinski definition) is 2. The molecule has 0 aromatic heterocycles. The van der Waals surface area contributed by atoms with Gasteiger partial charge in [0.05, 0.1) is 13.2 Å². The van der Waals surface area contributed by atoms with Gasteiger partial charge in [-0.25, -0.2) is 0 Å².